The van der Waals surface area contributed by atoms with E-state index >= 15 is 0 Å². The van der Waals surface area contributed by atoms with Crippen molar-refractivity contribution in [2.24, 2.45) is 0 Å². The number of hydrogen-bond acceptors (Lipinski definition) is 2. The van der Waals surface area contributed by atoms with Crippen LogP contribution in [0.2, 0.25) is 0 Å². The van der Waals surface area contributed by atoms with Crippen molar-refractivity contribution in [1.82, 2.24) is 5.32 Å². The SMILES string of the molecule is CC(CO)NC(Cc1ccccc1)Cc1ccccc1. The zero-order valence-electron chi connectivity index (χ0n) is 12.0. The van der Waals surface area contributed by atoms with Crippen molar-refractivity contribution < 1.29 is 5.11 Å². The van der Waals surface area contributed by atoms with E-state index in [1.807, 2.05) is 19.1 Å². The fourth-order valence-electron chi connectivity index (χ4n) is 2.44. The molecular weight excluding hydrogens is 246 g/mol. The first-order valence-electron chi connectivity index (χ1n) is 7.22. The van der Waals surface area contributed by atoms with Gasteiger partial charge in [-0.05, 0) is 30.9 Å². The summed E-state index contributed by atoms with van der Waals surface area (Å²) in [7, 11) is 0. The molecule has 1 atom stereocenters. The van der Waals surface area contributed by atoms with Crippen LogP contribution in [0.25, 0.3) is 0 Å². The predicted octanol–water partition coefficient (Wildman–Crippen LogP) is 2.81. The Morgan fingerprint density at radius 3 is 1.70 bits per heavy atom. The Hall–Kier alpha value is -1.64. The van der Waals surface area contributed by atoms with E-state index < -0.39 is 0 Å². The maximum atomic E-state index is 9.25. The number of rotatable bonds is 7. The highest BCUT2D eigenvalue weighted by Crippen LogP contribution is 2.10. The first kappa shape index (κ1) is 14.8. The van der Waals surface area contributed by atoms with Gasteiger partial charge in [-0.25, -0.2) is 0 Å². The third-order valence-electron chi connectivity index (χ3n) is 3.44. The lowest BCUT2D eigenvalue weighted by Crippen LogP contribution is -2.41. The second-order valence-corrected chi connectivity index (χ2v) is 5.33. The van der Waals surface area contributed by atoms with Crippen LogP contribution < -0.4 is 5.32 Å². The normalized spacial score (nSPS) is 12.6. The molecular formula is C18H23NO. The van der Waals surface area contributed by atoms with Crippen LogP contribution in [0.3, 0.4) is 0 Å². The minimum atomic E-state index is 0.118. The minimum absolute atomic E-state index is 0.118. The summed E-state index contributed by atoms with van der Waals surface area (Å²) in [5.41, 5.74) is 2.65. The van der Waals surface area contributed by atoms with Crippen LogP contribution in [0.4, 0.5) is 0 Å². The Kier molecular flexibility index (Phi) is 5.78. The van der Waals surface area contributed by atoms with E-state index in [4.69, 9.17) is 0 Å². The Morgan fingerprint density at radius 2 is 1.30 bits per heavy atom. The summed E-state index contributed by atoms with van der Waals surface area (Å²) in [5, 5.41) is 12.8. The molecule has 2 N–H and O–H groups in total. The zero-order valence-corrected chi connectivity index (χ0v) is 12.0. The van der Waals surface area contributed by atoms with Crippen molar-refractivity contribution in [2.75, 3.05) is 6.61 Å². The van der Waals surface area contributed by atoms with Gasteiger partial charge in [-0.2, -0.15) is 0 Å². The molecule has 0 aliphatic carbocycles. The van der Waals surface area contributed by atoms with Gasteiger partial charge in [-0.1, -0.05) is 60.7 Å². The van der Waals surface area contributed by atoms with Crippen LogP contribution in [0.5, 0.6) is 0 Å². The van der Waals surface area contributed by atoms with Gasteiger partial charge in [0.2, 0.25) is 0 Å². The monoisotopic (exact) mass is 269 g/mol. The van der Waals surface area contributed by atoms with E-state index in [2.05, 4.69) is 53.8 Å². The molecule has 0 saturated carbocycles. The van der Waals surface area contributed by atoms with E-state index in [-0.39, 0.29) is 12.6 Å². The maximum absolute atomic E-state index is 9.25. The molecule has 106 valence electrons. The molecule has 2 aromatic rings. The van der Waals surface area contributed by atoms with Gasteiger partial charge in [0.15, 0.2) is 0 Å². The quantitative estimate of drug-likeness (QED) is 0.810. The van der Waals surface area contributed by atoms with Gasteiger partial charge in [-0.3, -0.25) is 0 Å². The van der Waals surface area contributed by atoms with Crippen LogP contribution in [-0.4, -0.2) is 23.8 Å². The minimum Gasteiger partial charge on any atom is -0.395 e. The van der Waals surface area contributed by atoms with Gasteiger partial charge >= 0.3 is 0 Å². The average Bonchev–Trinajstić information content (AvgIpc) is 2.49. The predicted molar refractivity (Wildman–Crippen MR) is 83.8 cm³/mol. The highest BCUT2D eigenvalue weighted by atomic mass is 16.3. The van der Waals surface area contributed by atoms with Gasteiger partial charge in [0.1, 0.15) is 0 Å². The lowest BCUT2D eigenvalue weighted by molar-refractivity contribution is 0.239. The topological polar surface area (TPSA) is 32.3 Å². The third-order valence-corrected chi connectivity index (χ3v) is 3.44. The molecule has 0 aromatic heterocycles. The molecule has 2 aromatic carbocycles. The molecule has 0 heterocycles. The molecule has 2 rings (SSSR count). The van der Waals surface area contributed by atoms with Crippen molar-refractivity contribution in [2.45, 2.75) is 31.8 Å². The number of nitrogens with one attached hydrogen (secondary N) is 1. The summed E-state index contributed by atoms with van der Waals surface area (Å²) in [6.45, 7) is 2.18. The highest BCUT2D eigenvalue weighted by molar-refractivity contribution is 5.19. The number of hydrogen-bond donors (Lipinski definition) is 2. The smallest absolute Gasteiger partial charge is 0.0582 e. The molecule has 0 saturated heterocycles. The highest BCUT2D eigenvalue weighted by Gasteiger charge is 2.13. The van der Waals surface area contributed by atoms with Crippen molar-refractivity contribution in [3.8, 4) is 0 Å². The summed E-state index contributed by atoms with van der Waals surface area (Å²) in [4.78, 5) is 0. The summed E-state index contributed by atoms with van der Waals surface area (Å²) in [6.07, 6.45) is 1.94. The van der Waals surface area contributed by atoms with Crippen molar-refractivity contribution in [3.05, 3.63) is 71.8 Å². The lowest BCUT2D eigenvalue weighted by atomic mass is 9.98. The van der Waals surface area contributed by atoms with E-state index in [0.717, 1.165) is 12.8 Å². The molecule has 0 spiro atoms. The maximum Gasteiger partial charge on any atom is 0.0582 e. The van der Waals surface area contributed by atoms with Gasteiger partial charge < -0.3 is 10.4 Å². The van der Waals surface area contributed by atoms with E-state index in [1.54, 1.807) is 0 Å². The first-order valence-corrected chi connectivity index (χ1v) is 7.22. The second-order valence-electron chi connectivity index (χ2n) is 5.33. The Morgan fingerprint density at radius 1 is 0.850 bits per heavy atom. The molecule has 20 heavy (non-hydrogen) atoms. The van der Waals surface area contributed by atoms with E-state index in [0.29, 0.717) is 6.04 Å². The van der Waals surface area contributed by atoms with Crippen molar-refractivity contribution in [1.29, 1.82) is 0 Å². The fourth-order valence-corrected chi connectivity index (χ4v) is 2.44. The number of aliphatic hydroxyl groups is 1. The number of benzene rings is 2. The Bertz CT molecular complexity index is 442. The lowest BCUT2D eigenvalue weighted by Gasteiger charge is -2.22. The Balaban J connectivity index is 2.04. The largest absolute Gasteiger partial charge is 0.395 e. The van der Waals surface area contributed by atoms with Gasteiger partial charge in [0.25, 0.3) is 0 Å². The van der Waals surface area contributed by atoms with Crippen LogP contribution in [0.15, 0.2) is 60.7 Å². The first-order chi connectivity index (χ1) is 9.78. The molecule has 0 aliphatic heterocycles. The standard InChI is InChI=1S/C18H23NO/c1-15(14-20)19-18(12-16-8-4-2-5-9-16)13-17-10-6-3-7-11-17/h2-11,15,18-20H,12-14H2,1H3. The van der Waals surface area contributed by atoms with Crippen LogP contribution in [0.1, 0.15) is 18.1 Å². The zero-order chi connectivity index (χ0) is 14.2. The van der Waals surface area contributed by atoms with Gasteiger partial charge in [0, 0.05) is 12.1 Å². The second kappa shape index (κ2) is 7.83. The third kappa shape index (κ3) is 4.80. The molecule has 0 amide bonds. The van der Waals surface area contributed by atoms with Gasteiger partial charge in [0.05, 0.1) is 6.61 Å². The average molecular weight is 269 g/mol. The molecule has 0 radical (unpaired) electrons. The molecule has 2 heteroatoms. The van der Waals surface area contributed by atoms with Crippen LogP contribution >= 0.6 is 0 Å². The summed E-state index contributed by atoms with van der Waals surface area (Å²) >= 11 is 0. The van der Waals surface area contributed by atoms with Crippen molar-refractivity contribution >= 4 is 0 Å². The van der Waals surface area contributed by atoms with E-state index in [1.165, 1.54) is 11.1 Å². The van der Waals surface area contributed by atoms with Crippen molar-refractivity contribution in [3.63, 3.8) is 0 Å². The molecule has 0 aliphatic rings. The molecule has 2 nitrogen and oxygen atoms in total. The summed E-state index contributed by atoms with van der Waals surface area (Å²) in [6, 6.07) is 21.5. The molecule has 0 bridgehead atoms. The molecule has 1 unspecified atom stereocenters. The Labute approximate surface area is 121 Å². The summed E-state index contributed by atoms with van der Waals surface area (Å²) < 4.78 is 0. The summed E-state index contributed by atoms with van der Waals surface area (Å²) in [5.74, 6) is 0. The van der Waals surface area contributed by atoms with E-state index in [9.17, 15) is 5.11 Å². The fraction of sp³-hybridized carbons (Fsp3) is 0.333. The van der Waals surface area contributed by atoms with Crippen LogP contribution in [-0.2, 0) is 12.8 Å². The van der Waals surface area contributed by atoms with Gasteiger partial charge in [-0.15, -0.1) is 0 Å². The van der Waals surface area contributed by atoms with Crippen LogP contribution in [0, 0.1) is 0 Å². The molecule has 0 fully saturated rings. The number of aliphatic hydroxyl groups excluding tert-OH is 1.